The fraction of sp³-hybridized carbons (Fsp3) is 0.143. The molecule has 0 aliphatic heterocycles. The molecule has 0 saturated heterocycles. The Morgan fingerprint density at radius 2 is 2.20 bits per heavy atom. The van der Waals surface area contributed by atoms with Crippen LogP contribution in [0.3, 0.4) is 0 Å². The molecule has 20 heavy (non-hydrogen) atoms. The highest BCUT2D eigenvalue weighted by atomic mass is 19.1. The number of nitrogens with two attached hydrogens (primary N) is 1. The van der Waals surface area contributed by atoms with Gasteiger partial charge in [-0.25, -0.2) is 4.39 Å². The molecule has 1 heterocycles. The minimum absolute atomic E-state index is 0.0386. The Hall–Kier alpha value is -2.63. The van der Waals surface area contributed by atoms with E-state index in [0.29, 0.717) is 17.1 Å². The van der Waals surface area contributed by atoms with E-state index in [-0.39, 0.29) is 18.0 Å². The summed E-state index contributed by atoms with van der Waals surface area (Å²) in [6.45, 7) is 0. The summed E-state index contributed by atoms with van der Waals surface area (Å²) >= 11 is 0. The smallest absolute Gasteiger partial charge is 0.230 e. The molecule has 0 aliphatic rings. The van der Waals surface area contributed by atoms with Crippen LogP contribution in [-0.4, -0.2) is 18.0 Å². The quantitative estimate of drug-likeness (QED) is 0.894. The van der Waals surface area contributed by atoms with E-state index >= 15 is 0 Å². The summed E-state index contributed by atoms with van der Waals surface area (Å²) in [6.07, 6.45) is 1.51. The normalized spacial score (nSPS) is 10.1. The lowest BCUT2D eigenvalue weighted by Gasteiger charge is -2.08. The van der Waals surface area contributed by atoms with Crippen molar-refractivity contribution in [3.63, 3.8) is 0 Å². The third-order valence-electron chi connectivity index (χ3n) is 2.64. The molecule has 1 aromatic heterocycles. The van der Waals surface area contributed by atoms with Crippen LogP contribution >= 0.6 is 0 Å². The third-order valence-corrected chi connectivity index (χ3v) is 2.64. The first-order chi connectivity index (χ1) is 9.58. The molecule has 0 unspecified atom stereocenters. The lowest BCUT2D eigenvalue weighted by atomic mass is 10.2. The van der Waals surface area contributed by atoms with Gasteiger partial charge in [-0.3, -0.25) is 9.78 Å². The van der Waals surface area contributed by atoms with Crippen LogP contribution in [0.4, 0.5) is 15.8 Å². The zero-order valence-corrected chi connectivity index (χ0v) is 10.9. The van der Waals surface area contributed by atoms with E-state index in [0.717, 1.165) is 0 Å². The van der Waals surface area contributed by atoms with E-state index in [1.54, 1.807) is 12.1 Å². The lowest BCUT2D eigenvalue weighted by Crippen LogP contribution is -2.16. The Labute approximate surface area is 115 Å². The maximum atomic E-state index is 13.6. The van der Waals surface area contributed by atoms with Crippen molar-refractivity contribution in [1.29, 1.82) is 0 Å². The molecule has 3 N–H and O–H groups in total. The van der Waals surface area contributed by atoms with Gasteiger partial charge >= 0.3 is 0 Å². The van der Waals surface area contributed by atoms with Gasteiger partial charge < -0.3 is 15.8 Å². The number of nitrogens with one attached hydrogen (secondary N) is 1. The molecule has 0 saturated carbocycles. The van der Waals surface area contributed by atoms with Crippen LogP contribution in [-0.2, 0) is 11.2 Å². The first-order valence-corrected chi connectivity index (χ1v) is 5.92. The number of rotatable bonds is 4. The Morgan fingerprint density at radius 1 is 1.40 bits per heavy atom. The fourth-order valence-electron chi connectivity index (χ4n) is 1.63. The van der Waals surface area contributed by atoms with Crippen molar-refractivity contribution in [3.8, 4) is 5.75 Å². The summed E-state index contributed by atoms with van der Waals surface area (Å²) in [5.41, 5.74) is 6.66. The Kier molecular flexibility index (Phi) is 4.14. The number of halogens is 1. The number of amides is 1. The molecule has 0 atom stereocenters. The van der Waals surface area contributed by atoms with Gasteiger partial charge in [0, 0.05) is 11.8 Å². The SMILES string of the molecule is COc1ccc(F)c(NC(=O)Cc2ccc(N)cn2)c1. The second kappa shape index (κ2) is 6.01. The van der Waals surface area contributed by atoms with Crippen LogP contribution in [0.25, 0.3) is 0 Å². The van der Waals surface area contributed by atoms with Crippen molar-refractivity contribution >= 4 is 17.3 Å². The van der Waals surface area contributed by atoms with Crippen LogP contribution in [0.15, 0.2) is 36.5 Å². The number of methoxy groups -OCH3 is 1. The summed E-state index contributed by atoms with van der Waals surface area (Å²) in [7, 11) is 1.47. The standard InChI is InChI=1S/C14H14FN3O2/c1-20-11-4-5-12(15)13(7-11)18-14(19)6-10-3-2-9(16)8-17-10/h2-5,7-8H,6,16H2,1H3,(H,18,19). The Bertz CT molecular complexity index is 614. The molecular formula is C14H14FN3O2. The highest BCUT2D eigenvalue weighted by Gasteiger charge is 2.09. The van der Waals surface area contributed by atoms with Crippen molar-refractivity contribution in [3.05, 3.63) is 48.0 Å². The largest absolute Gasteiger partial charge is 0.497 e. The number of benzene rings is 1. The van der Waals surface area contributed by atoms with Crippen LogP contribution in [0.2, 0.25) is 0 Å². The molecule has 104 valence electrons. The van der Waals surface area contributed by atoms with Gasteiger partial charge in [-0.2, -0.15) is 0 Å². The average molecular weight is 275 g/mol. The zero-order chi connectivity index (χ0) is 14.5. The van der Waals surface area contributed by atoms with Gasteiger partial charge in [0.25, 0.3) is 0 Å². The molecule has 1 aromatic carbocycles. The first-order valence-electron chi connectivity index (χ1n) is 5.92. The molecule has 0 spiro atoms. The number of carbonyl (C=O) groups is 1. The molecule has 0 bridgehead atoms. The molecule has 0 fully saturated rings. The van der Waals surface area contributed by atoms with Crippen LogP contribution < -0.4 is 15.8 Å². The summed E-state index contributed by atoms with van der Waals surface area (Å²) in [4.78, 5) is 15.8. The van der Waals surface area contributed by atoms with E-state index in [1.807, 2.05) is 0 Å². The number of carbonyl (C=O) groups excluding carboxylic acids is 1. The zero-order valence-electron chi connectivity index (χ0n) is 10.9. The Morgan fingerprint density at radius 3 is 2.85 bits per heavy atom. The molecule has 6 heteroatoms. The van der Waals surface area contributed by atoms with E-state index < -0.39 is 5.82 Å². The number of ether oxygens (including phenoxy) is 1. The summed E-state index contributed by atoms with van der Waals surface area (Å²) in [5, 5.41) is 2.48. The predicted octanol–water partition coefficient (Wildman–Crippen LogP) is 1.99. The minimum Gasteiger partial charge on any atom is -0.497 e. The molecule has 2 rings (SSSR count). The highest BCUT2D eigenvalue weighted by molar-refractivity contribution is 5.92. The molecule has 2 aromatic rings. The van der Waals surface area contributed by atoms with Gasteiger partial charge in [0.05, 0.1) is 31.1 Å². The fourth-order valence-corrected chi connectivity index (χ4v) is 1.63. The molecule has 1 amide bonds. The predicted molar refractivity (Wildman–Crippen MR) is 73.9 cm³/mol. The monoisotopic (exact) mass is 275 g/mol. The van der Waals surface area contributed by atoms with Gasteiger partial charge in [0.2, 0.25) is 5.91 Å². The number of nitrogens with zero attached hydrogens (tertiary/aromatic N) is 1. The van der Waals surface area contributed by atoms with Crippen LogP contribution in [0, 0.1) is 5.82 Å². The number of nitrogen functional groups attached to an aromatic ring is 1. The molecule has 0 radical (unpaired) electrons. The van der Waals surface area contributed by atoms with Gasteiger partial charge in [-0.15, -0.1) is 0 Å². The molecule has 5 nitrogen and oxygen atoms in total. The lowest BCUT2D eigenvalue weighted by molar-refractivity contribution is -0.115. The van der Waals surface area contributed by atoms with E-state index in [4.69, 9.17) is 10.5 Å². The van der Waals surface area contributed by atoms with Gasteiger partial charge in [-0.1, -0.05) is 0 Å². The topological polar surface area (TPSA) is 77.2 Å². The van der Waals surface area contributed by atoms with Crippen molar-refractivity contribution in [2.45, 2.75) is 6.42 Å². The minimum atomic E-state index is -0.524. The van der Waals surface area contributed by atoms with Crippen molar-refractivity contribution in [1.82, 2.24) is 4.98 Å². The summed E-state index contributed by atoms with van der Waals surface area (Å²) < 4.78 is 18.5. The first kappa shape index (κ1) is 13.8. The van der Waals surface area contributed by atoms with Crippen molar-refractivity contribution in [2.75, 3.05) is 18.2 Å². The van der Waals surface area contributed by atoms with Crippen LogP contribution in [0.5, 0.6) is 5.75 Å². The average Bonchev–Trinajstić information content (AvgIpc) is 2.44. The molecular weight excluding hydrogens is 261 g/mol. The molecule has 0 aliphatic carbocycles. The van der Waals surface area contributed by atoms with E-state index in [2.05, 4.69) is 10.3 Å². The Balaban J connectivity index is 2.06. The van der Waals surface area contributed by atoms with Crippen molar-refractivity contribution in [2.24, 2.45) is 0 Å². The van der Waals surface area contributed by atoms with Gasteiger partial charge in [0.15, 0.2) is 0 Å². The van der Waals surface area contributed by atoms with E-state index in [1.165, 1.54) is 31.5 Å². The van der Waals surface area contributed by atoms with Crippen molar-refractivity contribution < 1.29 is 13.9 Å². The maximum Gasteiger partial charge on any atom is 0.230 e. The second-order valence-electron chi connectivity index (χ2n) is 4.15. The number of hydrogen-bond acceptors (Lipinski definition) is 4. The van der Waals surface area contributed by atoms with Crippen LogP contribution in [0.1, 0.15) is 5.69 Å². The number of anilines is 2. The highest BCUT2D eigenvalue weighted by Crippen LogP contribution is 2.21. The van der Waals surface area contributed by atoms with Gasteiger partial charge in [-0.05, 0) is 24.3 Å². The third kappa shape index (κ3) is 3.44. The number of aromatic nitrogens is 1. The van der Waals surface area contributed by atoms with Gasteiger partial charge in [0.1, 0.15) is 11.6 Å². The second-order valence-corrected chi connectivity index (χ2v) is 4.15. The number of pyridine rings is 1. The summed E-state index contributed by atoms with van der Waals surface area (Å²) in [5.74, 6) is -0.425. The summed E-state index contributed by atoms with van der Waals surface area (Å²) in [6, 6.07) is 7.44. The number of hydrogen-bond donors (Lipinski definition) is 2. The van der Waals surface area contributed by atoms with E-state index in [9.17, 15) is 9.18 Å². The maximum absolute atomic E-state index is 13.6.